The van der Waals surface area contributed by atoms with Gasteiger partial charge < -0.3 is 9.72 Å². The summed E-state index contributed by atoms with van der Waals surface area (Å²) in [5.41, 5.74) is 0.623. The number of benzene rings is 1. The minimum absolute atomic E-state index is 0.313. The van der Waals surface area contributed by atoms with Gasteiger partial charge in [0.15, 0.2) is 0 Å². The Hall–Kier alpha value is -1.66. The molecule has 1 heterocycles. The number of hydrogen-bond acceptors (Lipinski definition) is 3. The number of ether oxygens (including phenoxy) is 1. The van der Waals surface area contributed by atoms with Crippen LogP contribution in [0.5, 0.6) is 5.75 Å². The lowest BCUT2D eigenvalue weighted by molar-refractivity contribution is 0.415. The second-order valence-corrected chi connectivity index (χ2v) is 8.06. The van der Waals surface area contributed by atoms with Crippen molar-refractivity contribution in [2.45, 2.75) is 25.5 Å². The Bertz CT molecular complexity index is 822. The molecule has 1 aromatic carbocycles. The minimum atomic E-state index is -1.42. The molecule has 1 atom stereocenters. The Morgan fingerprint density at radius 3 is 2.59 bits per heavy atom. The maximum Gasteiger partial charge on any atom is 0.257 e. The number of nitrogens with zero attached hydrogens (tertiary/aromatic N) is 1. The number of fused-ring (bicyclic) bond motifs is 1. The van der Waals surface area contributed by atoms with Crippen LogP contribution in [0, 0.1) is 0 Å². The van der Waals surface area contributed by atoms with Gasteiger partial charge in [-0.05, 0) is 32.9 Å². The zero-order valence-electron chi connectivity index (χ0n) is 12.8. The standard InChI is InChI=1S/C15H17ClN2O3S/c1-15(2,3)22(20)17-8-10-5-9-6-11(16)13(21-4)7-12(9)18-14(10)19/h5-8H,1-4H3,(H,18,19)/b17-8+/t22-/m1/s1. The van der Waals surface area contributed by atoms with E-state index >= 15 is 0 Å². The lowest BCUT2D eigenvalue weighted by Gasteiger charge is -2.12. The summed E-state index contributed by atoms with van der Waals surface area (Å²) in [6, 6.07) is 5.01. The molecule has 5 nitrogen and oxygen atoms in total. The van der Waals surface area contributed by atoms with Crippen molar-refractivity contribution >= 4 is 39.7 Å². The second kappa shape index (κ2) is 6.22. The van der Waals surface area contributed by atoms with Crippen LogP contribution in [0.25, 0.3) is 10.9 Å². The van der Waals surface area contributed by atoms with Crippen molar-refractivity contribution in [3.05, 3.63) is 39.1 Å². The number of hydrogen-bond donors (Lipinski definition) is 1. The molecular formula is C15H17ClN2O3S. The van der Waals surface area contributed by atoms with Crippen molar-refractivity contribution in [2.24, 2.45) is 4.40 Å². The number of halogens is 1. The maximum absolute atomic E-state index is 12.1. The SMILES string of the molecule is COc1cc2[nH]c(=O)c(/C=N/[S@](=O)C(C)(C)C)cc2cc1Cl. The van der Waals surface area contributed by atoms with Gasteiger partial charge in [0.05, 0.1) is 34.2 Å². The molecule has 0 aliphatic carbocycles. The zero-order chi connectivity index (χ0) is 16.5. The van der Waals surface area contributed by atoms with Gasteiger partial charge in [0.25, 0.3) is 5.56 Å². The number of pyridine rings is 1. The van der Waals surface area contributed by atoms with Crippen molar-refractivity contribution in [3.8, 4) is 5.75 Å². The predicted molar refractivity (Wildman–Crippen MR) is 91.6 cm³/mol. The summed E-state index contributed by atoms with van der Waals surface area (Å²) in [6.45, 7) is 5.45. The number of methoxy groups -OCH3 is 1. The Labute approximate surface area is 136 Å². The van der Waals surface area contributed by atoms with Crippen molar-refractivity contribution in [3.63, 3.8) is 0 Å². The Kier molecular flexibility index (Phi) is 4.72. The van der Waals surface area contributed by atoms with Crippen LogP contribution >= 0.6 is 11.6 Å². The van der Waals surface area contributed by atoms with Crippen molar-refractivity contribution in [2.75, 3.05) is 7.11 Å². The molecule has 1 aromatic heterocycles. The highest BCUT2D eigenvalue weighted by Crippen LogP contribution is 2.28. The van der Waals surface area contributed by atoms with E-state index in [2.05, 4.69) is 9.38 Å². The first-order valence-corrected chi connectivity index (χ1v) is 8.07. The van der Waals surface area contributed by atoms with E-state index in [4.69, 9.17) is 16.3 Å². The van der Waals surface area contributed by atoms with Gasteiger partial charge in [-0.1, -0.05) is 11.6 Å². The summed E-state index contributed by atoms with van der Waals surface area (Å²) in [5, 5.41) is 1.19. The second-order valence-electron chi connectivity index (χ2n) is 5.72. The highest BCUT2D eigenvalue weighted by Gasteiger charge is 2.18. The first-order valence-electron chi connectivity index (χ1n) is 6.59. The van der Waals surface area contributed by atoms with Gasteiger partial charge >= 0.3 is 0 Å². The van der Waals surface area contributed by atoms with Gasteiger partial charge in [-0.2, -0.15) is 4.40 Å². The zero-order valence-corrected chi connectivity index (χ0v) is 14.3. The fourth-order valence-electron chi connectivity index (χ4n) is 1.74. The van der Waals surface area contributed by atoms with Crippen LogP contribution in [-0.4, -0.2) is 27.3 Å². The molecule has 0 unspecified atom stereocenters. The van der Waals surface area contributed by atoms with Crippen molar-refractivity contribution in [1.29, 1.82) is 0 Å². The molecule has 0 amide bonds. The van der Waals surface area contributed by atoms with Gasteiger partial charge in [-0.25, -0.2) is 4.21 Å². The normalized spacial score (nSPS) is 13.7. The summed E-state index contributed by atoms with van der Waals surface area (Å²) in [4.78, 5) is 14.8. The lowest BCUT2D eigenvalue weighted by atomic mass is 10.1. The number of nitrogens with one attached hydrogen (secondary N) is 1. The summed E-state index contributed by atoms with van der Waals surface area (Å²) < 4.78 is 20.5. The van der Waals surface area contributed by atoms with Gasteiger partial charge in [0.2, 0.25) is 0 Å². The molecule has 0 fully saturated rings. The largest absolute Gasteiger partial charge is 0.495 e. The summed E-state index contributed by atoms with van der Waals surface area (Å²) in [6.07, 6.45) is 1.33. The minimum Gasteiger partial charge on any atom is -0.495 e. The maximum atomic E-state index is 12.1. The molecule has 2 rings (SSSR count). The van der Waals surface area contributed by atoms with E-state index in [1.165, 1.54) is 13.3 Å². The Morgan fingerprint density at radius 1 is 1.32 bits per heavy atom. The summed E-state index contributed by atoms with van der Waals surface area (Å²) in [7, 11) is 0.0892. The molecular weight excluding hydrogens is 324 g/mol. The molecule has 7 heteroatoms. The molecule has 22 heavy (non-hydrogen) atoms. The van der Waals surface area contributed by atoms with Gasteiger partial charge in [-0.3, -0.25) is 4.79 Å². The number of aromatic amines is 1. The molecule has 1 N–H and O–H groups in total. The van der Waals surface area contributed by atoms with E-state index in [0.717, 1.165) is 5.39 Å². The van der Waals surface area contributed by atoms with E-state index in [1.54, 1.807) is 18.2 Å². The van der Waals surface area contributed by atoms with Gasteiger partial charge in [-0.15, -0.1) is 0 Å². The third kappa shape index (κ3) is 3.56. The van der Waals surface area contributed by atoms with E-state index in [0.29, 0.717) is 21.9 Å². The first-order chi connectivity index (χ1) is 10.2. The van der Waals surface area contributed by atoms with Gasteiger partial charge in [0, 0.05) is 11.5 Å². The molecule has 0 bridgehead atoms. The van der Waals surface area contributed by atoms with E-state index < -0.39 is 15.7 Å². The molecule has 0 saturated carbocycles. The number of aromatic nitrogens is 1. The summed E-state index contributed by atoms with van der Waals surface area (Å²) in [5.74, 6) is 0.486. The molecule has 0 aliphatic rings. The molecule has 0 aliphatic heterocycles. The van der Waals surface area contributed by atoms with Crippen LogP contribution in [0.1, 0.15) is 26.3 Å². The first kappa shape index (κ1) is 16.7. The van der Waals surface area contributed by atoms with Crippen LogP contribution in [0.3, 0.4) is 0 Å². The monoisotopic (exact) mass is 340 g/mol. The van der Waals surface area contributed by atoms with Crippen LogP contribution in [-0.2, 0) is 11.0 Å². The van der Waals surface area contributed by atoms with Crippen LogP contribution in [0.15, 0.2) is 27.4 Å². The van der Waals surface area contributed by atoms with Crippen LogP contribution in [0.2, 0.25) is 5.02 Å². The molecule has 2 aromatic rings. The van der Waals surface area contributed by atoms with Crippen molar-refractivity contribution in [1.82, 2.24) is 4.98 Å². The van der Waals surface area contributed by atoms with Crippen LogP contribution < -0.4 is 10.3 Å². The predicted octanol–water partition coefficient (Wildman–Crippen LogP) is 3.07. The highest BCUT2D eigenvalue weighted by atomic mass is 35.5. The highest BCUT2D eigenvalue weighted by molar-refractivity contribution is 7.85. The van der Waals surface area contributed by atoms with E-state index in [1.807, 2.05) is 20.8 Å². The Balaban J connectivity index is 2.49. The topological polar surface area (TPSA) is 71.5 Å². The summed E-state index contributed by atoms with van der Waals surface area (Å²) >= 11 is 6.08. The van der Waals surface area contributed by atoms with Crippen LogP contribution in [0.4, 0.5) is 0 Å². The molecule has 0 spiro atoms. The van der Waals surface area contributed by atoms with Gasteiger partial charge in [0.1, 0.15) is 16.7 Å². The third-order valence-electron chi connectivity index (χ3n) is 2.96. The van der Waals surface area contributed by atoms with E-state index in [9.17, 15) is 9.00 Å². The number of H-pyrrole nitrogens is 1. The molecule has 118 valence electrons. The average molecular weight is 341 g/mol. The Morgan fingerprint density at radius 2 is 2.00 bits per heavy atom. The lowest BCUT2D eigenvalue weighted by Crippen LogP contribution is -2.20. The third-order valence-corrected chi connectivity index (χ3v) is 4.60. The number of rotatable bonds is 3. The fourth-order valence-corrected chi connectivity index (χ4v) is 2.51. The smallest absolute Gasteiger partial charge is 0.257 e. The fraction of sp³-hybridized carbons (Fsp3) is 0.333. The van der Waals surface area contributed by atoms with E-state index in [-0.39, 0.29) is 5.56 Å². The quantitative estimate of drug-likeness (QED) is 0.873. The molecule has 0 saturated heterocycles. The molecule has 0 radical (unpaired) electrons. The van der Waals surface area contributed by atoms with Crippen molar-refractivity contribution < 1.29 is 8.95 Å². The average Bonchev–Trinajstić information content (AvgIpc) is 2.43.